The van der Waals surface area contributed by atoms with Crippen molar-refractivity contribution >= 4 is 44.9 Å². The Balaban J connectivity index is 0. The molecule has 0 spiro atoms. The predicted molar refractivity (Wildman–Crippen MR) is 13.6 cm³/mol. The third kappa shape index (κ3) is 33.1. The minimum atomic E-state index is 0. The first-order chi connectivity index (χ1) is 0. The van der Waals surface area contributed by atoms with Crippen molar-refractivity contribution in [2.24, 2.45) is 0 Å². The molecule has 0 N–H and O–H groups in total. The van der Waals surface area contributed by atoms with E-state index in [2.05, 4.69) is 0 Å². The topological polar surface area (TPSA) is 85.5 Å². The Kier molecular flexibility index (Phi) is 1120. The molecule has 0 fully saturated rings. The molecule has 0 saturated heterocycles. The monoisotopic (exact) mass is 330 g/mol. The van der Waals surface area contributed by atoms with E-state index in [9.17, 15) is 0 Å². The van der Waals surface area contributed by atoms with Crippen LogP contribution in [-0.4, -0.2) is 44.9 Å². The standard InChI is InChI=1S/Ge.3O.Pb/q+4;3*-2;+2. The van der Waals surface area contributed by atoms with Crippen LogP contribution in [0.2, 0.25) is 0 Å². The molecule has 26 valence electrons. The Morgan fingerprint density at radius 1 is 0.600 bits per heavy atom. The third-order valence-corrected chi connectivity index (χ3v) is 0. The van der Waals surface area contributed by atoms with Gasteiger partial charge in [-0.05, 0) is 0 Å². The number of hydrogen-bond donors (Lipinski definition) is 0. The van der Waals surface area contributed by atoms with E-state index < -0.39 is 0 Å². The van der Waals surface area contributed by atoms with E-state index in [0.717, 1.165) is 0 Å². The molecular formula is GeO3Pb. The Hall–Kier alpha value is 1.34. The Labute approximate surface area is 61.2 Å². The molecule has 0 aromatic rings. The van der Waals surface area contributed by atoms with Crippen LogP contribution in [0.15, 0.2) is 0 Å². The van der Waals surface area contributed by atoms with E-state index in [1.54, 1.807) is 0 Å². The van der Waals surface area contributed by atoms with Crippen LogP contribution in [0.25, 0.3) is 0 Å². The number of hydrogen-bond acceptors (Lipinski definition) is 0. The second kappa shape index (κ2) is 55.8. The van der Waals surface area contributed by atoms with Crippen molar-refractivity contribution in [1.29, 1.82) is 0 Å². The van der Waals surface area contributed by atoms with Gasteiger partial charge in [0.1, 0.15) is 0 Å². The zero-order valence-electron chi connectivity index (χ0n) is 2.22. The third-order valence-electron chi connectivity index (χ3n) is 0. The molecule has 0 aliphatic rings. The zero-order valence-corrected chi connectivity index (χ0v) is 8.21. The molecule has 3 nitrogen and oxygen atoms in total. The van der Waals surface area contributed by atoms with Gasteiger partial charge in [-0.3, -0.25) is 0 Å². The van der Waals surface area contributed by atoms with Crippen molar-refractivity contribution in [2.45, 2.75) is 0 Å². The molecule has 0 aromatic carbocycles. The fourth-order valence-corrected chi connectivity index (χ4v) is 0. The molecule has 0 amide bonds. The van der Waals surface area contributed by atoms with E-state index in [-0.39, 0.29) is 61.3 Å². The summed E-state index contributed by atoms with van der Waals surface area (Å²) in [6, 6.07) is 0. The molecule has 0 atom stereocenters. The predicted octanol–water partition coefficient (Wildman–Crippen LogP) is -1.12. The van der Waals surface area contributed by atoms with Crippen LogP contribution in [-0.2, 0) is 16.4 Å². The van der Waals surface area contributed by atoms with Crippen molar-refractivity contribution in [1.82, 2.24) is 0 Å². The van der Waals surface area contributed by atoms with Gasteiger partial charge in [-0.1, -0.05) is 0 Å². The summed E-state index contributed by atoms with van der Waals surface area (Å²) in [5.74, 6) is 0. The Morgan fingerprint density at radius 3 is 0.600 bits per heavy atom. The minimum Gasteiger partial charge on any atom is -2.00 e. The van der Waals surface area contributed by atoms with Crippen molar-refractivity contribution in [3.05, 3.63) is 0 Å². The van der Waals surface area contributed by atoms with Crippen LogP contribution in [0.4, 0.5) is 0 Å². The summed E-state index contributed by atoms with van der Waals surface area (Å²) in [4.78, 5) is 0. The molecule has 0 rings (SSSR count). The first kappa shape index (κ1) is 100. The fourth-order valence-electron chi connectivity index (χ4n) is 0. The first-order valence-electron chi connectivity index (χ1n) is 0. The summed E-state index contributed by atoms with van der Waals surface area (Å²) in [6.07, 6.45) is 0. The van der Waals surface area contributed by atoms with Crippen molar-refractivity contribution in [3.8, 4) is 0 Å². The van der Waals surface area contributed by atoms with Crippen LogP contribution >= 0.6 is 0 Å². The molecule has 0 aliphatic heterocycles. The van der Waals surface area contributed by atoms with Crippen LogP contribution in [0.1, 0.15) is 0 Å². The smallest absolute Gasteiger partial charge is 2.00 e. The summed E-state index contributed by atoms with van der Waals surface area (Å²) < 4.78 is 0. The summed E-state index contributed by atoms with van der Waals surface area (Å²) in [5, 5.41) is 0. The Morgan fingerprint density at radius 2 is 0.600 bits per heavy atom. The molecule has 0 aromatic heterocycles. The number of rotatable bonds is 0. The maximum Gasteiger partial charge on any atom is 4.00 e. The van der Waals surface area contributed by atoms with E-state index in [0.29, 0.717) is 0 Å². The van der Waals surface area contributed by atoms with E-state index in [4.69, 9.17) is 0 Å². The van der Waals surface area contributed by atoms with Gasteiger partial charge in [-0.15, -0.1) is 0 Å². The molecule has 2 radical (unpaired) electrons. The van der Waals surface area contributed by atoms with Gasteiger partial charge in [0, 0.05) is 0 Å². The average molecular weight is 328 g/mol. The van der Waals surface area contributed by atoms with Crippen LogP contribution in [0, 0.1) is 0 Å². The molecule has 0 unspecified atom stereocenters. The first-order valence-corrected chi connectivity index (χ1v) is 0. The van der Waals surface area contributed by atoms with Gasteiger partial charge >= 0.3 is 44.9 Å². The van der Waals surface area contributed by atoms with Crippen LogP contribution in [0.3, 0.4) is 0 Å². The average Bonchev–Trinajstić information content (AvgIpc) is 0. The van der Waals surface area contributed by atoms with Gasteiger partial charge < -0.3 is 16.4 Å². The SMILES string of the molecule is [Ge+4].[O-2].[O-2].[O-2].[Pb+2]. The minimum absolute atomic E-state index is 0. The van der Waals surface area contributed by atoms with Gasteiger partial charge in [0.15, 0.2) is 0 Å². The van der Waals surface area contributed by atoms with E-state index in [1.807, 2.05) is 0 Å². The van der Waals surface area contributed by atoms with E-state index in [1.165, 1.54) is 0 Å². The largest absolute Gasteiger partial charge is 4.00 e. The normalized spacial score (nSPS) is 0. The second-order valence-electron chi connectivity index (χ2n) is 0. The molecular weight excluding hydrogens is 328 g/mol. The van der Waals surface area contributed by atoms with Gasteiger partial charge in [0.05, 0.1) is 0 Å². The molecule has 0 saturated carbocycles. The zero-order chi connectivity index (χ0) is 0. The molecule has 0 aliphatic carbocycles. The summed E-state index contributed by atoms with van der Waals surface area (Å²) in [6.45, 7) is 0. The van der Waals surface area contributed by atoms with Crippen molar-refractivity contribution in [2.75, 3.05) is 0 Å². The molecule has 5 heavy (non-hydrogen) atoms. The fraction of sp³-hybridized carbons (Fsp3) is 0. The second-order valence-corrected chi connectivity index (χ2v) is 0. The van der Waals surface area contributed by atoms with Crippen molar-refractivity contribution < 1.29 is 16.4 Å². The van der Waals surface area contributed by atoms with Gasteiger partial charge in [-0.25, -0.2) is 0 Å². The van der Waals surface area contributed by atoms with Gasteiger partial charge in [0.2, 0.25) is 0 Å². The molecule has 0 bridgehead atoms. The maximum atomic E-state index is 0. The van der Waals surface area contributed by atoms with Gasteiger partial charge in [0.25, 0.3) is 0 Å². The summed E-state index contributed by atoms with van der Waals surface area (Å²) in [7, 11) is 0. The Bertz CT molecular complexity index is 6.85. The quantitative estimate of drug-likeness (QED) is 0.505. The van der Waals surface area contributed by atoms with Crippen LogP contribution in [0.5, 0.6) is 0 Å². The maximum absolute atomic E-state index is 0. The van der Waals surface area contributed by atoms with Crippen molar-refractivity contribution in [3.63, 3.8) is 0 Å². The van der Waals surface area contributed by atoms with Crippen LogP contribution < -0.4 is 0 Å². The van der Waals surface area contributed by atoms with Gasteiger partial charge in [-0.2, -0.15) is 0 Å². The molecule has 0 heterocycles. The van der Waals surface area contributed by atoms with E-state index >= 15 is 0 Å². The summed E-state index contributed by atoms with van der Waals surface area (Å²) in [5.41, 5.74) is 0. The molecule has 5 heteroatoms. The summed E-state index contributed by atoms with van der Waals surface area (Å²) >= 11 is 0.